The quantitative estimate of drug-likeness (QED) is 0.267. The zero-order chi connectivity index (χ0) is 30.4. The van der Waals surface area contributed by atoms with E-state index >= 15 is 0 Å². The Morgan fingerprint density at radius 1 is 0.976 bits per heavy atom. The molecular weight excluding hydrogens is 551 g/mol. The summed E-state index contributed by atoms with van der Waals surface area (Å²) in [6.45, 7) is 4.54. The number of amides is 2. The minimum absolute atomic E-state index is 0.0736. The highest BCUT2D eigenvalue weighted by Gasteiger charge is 2.34. The summed E-state index contributed by atoms with van der Waals surface area (Å²) in [5, 5.41) is 14.2. The second kappa shape index (κ2) is 12.9. The van der Waals surface area contributed by atoms with Gasteiger partial charge in [0.1, 0.15) is 18.4 Å². The normalized spacial score (nSPS) is 12.3. The Morgan fingerprint density at radius 2 is 1.61 bits per heavy atom. The second-order valence-electron chi connectivity index (χ2n) is 10.6. The Labute approximate surface area is 239 Å². The summed E-state index contributed by atoms with van der Waals surface area (Å²) in [4.78, 5) is 39.6. The smallest absolute Gasteiger partial charge is 0.271 e. The number of non-ortho nitro benzene ring substituents is 1. The first-order chi connectivity index (χ1) is 19.1. The van der Waals surface area contributed by atoms with Crippen molar-refractivity contribution in [2.75, 3.05) is 17.1 Å². The lowest BCUT2D eigenvalue weighted by atomic mass is 10.0. The minimum Gasteiger partial charge on any atom is -0.350 e. The third kappa shape index (κ3) is 9.10. The molecule has 3 aromatic carbocycles. The number of sulfonamides is 1. The molecular formula is C29H33FN4O6S. The highest BCUT2D eigenvalue weighted by Crippen LogP contribution is 2.24. The molecule has 0 heterocycles. The van der Waals surface area contributed by atoms with Crippen LogP contribution in [0.15, 0.2) is 78.9 Å². The first kappa shape index (κ1) is 31.2. The molecule has 41 heavy (non-hydrogen) atoms. The van der Waals surface area contributed by atoms with Gasteiger partial charge in [0, 0.05) is 30.6 Å². The van der Waals surface area contributed by atoms with Crippen LogP contribution in [0.5, 0.6) is 0 Å². The third-order valence-corrected chi connectivity index (χ3v) is 7.18. The van der Waals surface area contributed by atoms with Crippen molar-refractivity contribution in [1.82, 2.24) is 10.2 Å². The molecule has 0 saturated heterocycles. The molecule has 1 atom stereocenters. The van der Waals surface area contributed by atoms with E-state index in [1.165, 1.54) is 47.4 Å². The van der Waals surface area contributed by atoms with Crippen LogP contribution in [0, 0.1) is 15.9 Å². The van der Waals surface area contributed by atoms with Gasteiger partial charge in [0.05, 0.1) is 16.9 Å². The molecule has 0 radical (unpaired) electrons. The summed E-state index contributed by atoms with van der Waals surface area (Å²) >= 11 is 0. The third-order valence-electron chi connectivity index (χ3n) is 6.04. The van der Waals surface area contributed by atoms with Gasteiger partial charge in [-0.15, -0.1) is 0 Å². The van der Waals surface area contributed by atoms with Gasteiger partial charge in [-0.1, -0.05) is 48.5 Å². The largest absolute Gasteiger partial charge is 0.350 e. The lowest BCUT2D eigenvalue weighted by Gasteiger charge is -2.35. The van der Waals surface area contributed by atoms with Crippen LogP contribution in [0.25, 0.3) is 0 Å². The van der Waals surface area contributed by atoms with Gasteiger partial charge in [0.2, 0.25) is 21.8 Å². The van der Waals surface area contributed by atoms with Gasteiger partial charge in [0.25, 0.3) is 5.69 Å². The predicted octanol–water partition coefficient (Wildman–Crippen LogP) is 4.05. The summed E-state index contributed by atoms with van der Waals surface area (Å²) in [5.74, 6) is -1.67. The van der Waals surface area contributed by atoms with Gasteiger partial charge in [-0.25, -0.2) is 12.8 Å². The molecule has 0 aromatic heterocycles. The van der Waals surface area contributed by atoms with Crippen molar-refractivity contribution < 1.29 is 27.3 Å². The highest BCUT2D eigenvalue weighted by atomic mass is 32.2. The molecule has 0 unspecified atom stereocenters. The fourth-order valence-electron chi connectivity index (χ4n) is 4.17. The summed E-state index contributed by atoms with van der Waals surface area (Å²) in [6, 6.07) is 18.3. The minimum atomic E-state index is -4.09. The average molecular weight is 585 g/mol. The van der Waals surface area contributed by atoms with Crippen LogP contribution >= 0.6 is 0 Å². The van der Waals surface area contributed by atoms with Crippen molar-refractivity contribution in [1.29, 1.82) is 0 Å². The van der Waals surface area contributed by atoms with E-state index in [4.69, 9.17) is 0 Å². The van der Waals surface area contributed by atoms with Gasteiger partial charge in [0.15, 0.2) is 0 Å². The first-order valence-corrected chi connectivity index (χ1v) is 14.6. The number of hydrogen-bond donors (Lipinski definition) is 1. The van der Waals surface area contributed by atoms with E-state index in [1.807, 2.05) is 18.2 Å². The van der Waals surface area contributed by atoms with Crippen LogP contribution in [0.3, 0.4) is 0 Å². The van der Waals surface area contributed by atoms with Crippen molar-refractivity contribution >= 4 is 33.2 Å². The van der Waals surface area contributed by atoms with Crippen LogP contribution in [-0.2, 0) is 32.6 Å². The van der Waals surface area contributed by atoms with Gasteiger partial charge >= 0.3 is 0 Å². The van der Waals surface area contributed by atoms with E-state index in [0.717, 1.165) is 22.2 Å². The fraction of sp³-hybridized carbons (Fsp3) is 0.310. The number of nitro groups is 1. The monoisotopic (exact) mass is 584 g/mol. The summed E-state index contributed by atoms with van der Waals surface area (Å²) in [5.41, 5.74) is 0.215. The van der Waals surface area contributed by atoms with Gasteiger partial charge in [-0.2, -0.15) is 0 Å². The van der Waals surface area contributed by atoms with Crippen molar-refractivity contribution in [2.45, 2.75) is 45.3 Å². The number of anilines is 1. The number of nitro benzene ring substituents is 1. The van der Waals surface area contributed by atoms with E-state index in [2.05, 4.69) is 5.32 Å². The van der Waals surface area contributed by atoms with Crippen molar-refractivity contribution in [2.24, 2.45) is 0 Å². The van der Waals surface area contributed by atoms with E-state index in [0.29, 0.717) is 5.56 Å². The molecule has 0 saturated carbocycles. The molecule has 0 aliphatic heterocycles. The standard InChI is InChI=1S/C29H33FN4O6S/c1-29(2,3)31-28(36)26(17-21-9-6-5-7-10-21)32(19-22-13-15-23(30)16-14-22)27(35)20-33(41(4,39)40)24-11-8-12-25(18-24)34(37)38/h5-16,18,26H,17,19-20H2,1-4H3,(H,31,36)/t26-/m0/s1. The number of halogens is 1. The van der Waals surface area contributed by atoms with E-state index in [-0.39, 0.29) is 24.3 Å². The Balaban J connectivity index is 2.09. The van der Waals surface area contributed by atoms with Crippen molar-refractivity contribution in [3.63, 3.8) is 0 Å². The van der Waals surface area contributed by atoms with E-state index < -0.39 is 50.7 Å². The fourth-order valence-corrected chi connectivity index (χ4v) is 5.01. The maximum absolute atomic E-state index is 14.0. The molecule has 0 bridgehead atoms. The molecule has 10 nitrogen and oxygen atoms in total. The van der Waals surface area contributed by atoms with Crippen LogP contribution in [0.1, 0.15) is 31.9 Å². The zero-order valence-electron chi connectivity index (χ0n) is 23.3. The number of carbonyl (C=O) groups excluding carboxylic acids is 2. The first-order valence-electron chi connectivity index (χ1n) is 12.8. The number of hydrogen-bond acceptors (Lipinski definition) is 6. The number of rotatable bonds is 11. The highest BCUT2D eigenvalue weighted by molar-refractivity contribution is 7.92. The number of nitrogens with one attached hydrogen (secondary N) is 1. The molecule has 0 spiro atoms. The molecule has 0 aliphatic rings. The summed E-state index contributed by atoms with van der Waals surface area (Å²) < 4.78 is 40.0. The Bertz CT molecular complexity index is 1490. The Hall–Kier alpha value is -4.32. The molecule has 0 aliphatic carbocycles. The maximum atomic E-state index is 14.0. The van der Waals surface area contributed by atoms with Crippen LogP contribution < -0.4 is 9.62 Å². The molecule has 3 rings (SSSR count). The van der Waals surface area contributed by atoms with Gasteiger partial charge in [-0.05, 0) is 50.1 Å². The SMILES string of the molecule is CC(C)(C)NC(=O)[C@H](Cc1ccccc1)N(Cc1ccc(F)cc1)C(=O)CN(c1cccc([N+](=O)[O-])c1)S(C)(=O)=O. The number of nitrogens with zero attached hydrogens (tertiary/aromatic N) is 3. The number of carbonyl (C=O) groups is 2. The number of benzene rings is 3. The molecule has 3 aromatic rings. The molecule has 218 valence electrons. The van der Waals surface area contributed by atoms with Crippen LogP contribution in [0.2, 0.25) is 0 Å². The van der Waals surface area contributed by atoms with E-state index in [9.17, 15) is 32.5 Å². The van der Waals surface area contributed by atoms with E-state index in [1.54, 1.807) is 32.9 Å². The lowest BCUT2D eigenvalue weighted by Crippen LogP contribution is -2.56. The summed E-state index contributed by atoms with van der Waals surface area (Å²) in [6.07, 6.45) is 1.00. The van der Waals surface area contributed by atoms with Crippen LogP contribution in [0.4, 0.5) is 15.8 Å². The van der Waals surface area contributed by atoms with Gasteiger partial charge in [-0.3, -0.25) is 24.0 Å². The Morgan fingerprint density at radius 3 is 2.17 bits per heavy atom. The van der Waals surface area contributed by atoms with Crippen LogP contribution in [-0.4, -0.2) is 54.4 Å². The van der Waals surface area contributed by atoms with Crippen molar-refractivity contribution in [3.8, 4) is 0 Å². The molecule has 2 amide bonds. The van der Waals surface area contributed by atoms with Gasteiger partial charge < -0.3 is 10.2 Å². The summed E-state index contributed by atoms with van der Waals surface area (Å²) in [7, 11) is -4.09. The van der Waals surface area contributed by atoms with Crippen molar-refractivity contribution in [3.05, 3.63) is 106 Å². The topological polar surface area (TPSA) is 130 Å². The maximum Gasteiger partial charge on any atom is 0.271 e. The Kier molecular flexibility index (Phi) is 9.82. The molecule has 12 heteroatoms. The zero-order valence-corrected chi connectivity index (χ0v) is 24.1. The molecule has 0 fully saturated rings. The second-order valence-corrected chi connectivity index (χ2v) is 12.5. The molecule has 1 N–H and O–H groups in total. The lowest BCUT2D eigenvalue weighted by molar-refractivity contribution is -0.384. The predicted molar refractivity (Wildman–Crippen MR) is 154 cm³/mol. The average Bonchev–Trinajstić information content (AvgIpc) is 2.89.